The van der Waals surface area contributed by atoms with Crippen LogP contribution in [0.4, 0.5) is 0 Å². The van der Waals surface area contributed by atoms with Gasteiger partial charge in [-0.2, -0.15) is 0 Å². The van der Waals surface area contributed by atoms with E-state index in [-0.39, 0.29) is 16.9 Å². The second-order valence-corrected chi connectivity index (χ2v) is 9.39. The largest absolute Gasteiger partial charge is 0.478 e. The Labute approximate surface area is 162 Å². The molecule has 0 unspecified atom stereocenters. The Balaban J connectivity index is 1.68. The van der Waals surface area contributed by atoms with Gasteiger partial charge in [0.15, 0.2) is 0 Å². The molecule has 4 rings (SSSR count). The van der Waals surface area contributed by atoms with Crippen LogP contribution in [0.1, 0.15) is 58.8 Å². The van der Waals surface area contributed by atoms with Crippen LogP contribution in [0.5, 0.6) is 0 Å². The van der Waals surface area contributed by atoms with Gasteiger partial charge in [0.05, 0.1) is 0 Å². The molecule has 1 amide bonds. The van der Waals surface area contributed by atoms with Gasteiger partial charge in [0.1, 0.15) is 0 Å². The van der Waals surface area contributed by atoms with Crippen molar-refractivity contribution < 1.29 is 14.7 Å². The van der Waals surface area contributed by atoms with Crippen molar-refractivity contribution in [3.63, 3.8) is 0 Å². The Kier molecular flexibility index (Phi) is 4.36. The third-order valence-corrected chi connectivity index (χ3v) is 8.30. The van der Waals surface area contributed by atoms with Crippen molar-refractivity contribution in [1.29, 1.82) is 0 Å². The minimum Gasteiger partial charge on any atom is -0.478 e. The van der Waals surface area contributed by atoms with Crippen molar-refractivity contribution in [2.75, 3.05) is 6.54 Å². The molecule has 0 aromatic heterocycles. The van der Waals surface area contributed by atoms with Gasteiger partial charge >= 0.3 is 5.97 Å². The molecule has 0 radical (unpaired) electrons. The molecule has 1 aliphatic heterocycles. The van der Waals surface area contributed by atoms with E-state index in [4.69, 9.17) is 0 Å². The van der Waals surface area contributed by atoms with Crippen LogP contribution >= 0.6 is 0 Å². The highest BCUT2D eigenvalue weighted by Crippen LogP contribution is 2.61. The van der Waals surface area contributed by atoms with E-state index in [0.717, 1.165) is 32.1 Å². The molecule has 0 spiro atoms. The van der Waals surface area contributed by atoms with Gasteiger partial charge in [0.25, 0.3) is 0 Å². The first kappa shape index (κ1) is 18.5. The molecule has 0 aromatic rings. The van der Waals surface area contributed by atoms with Crippen LogP contribution in [0.3, 0.4) is 0 Å². The molecule has 0 aromatic carbocycles. The summed E-state index contributed by atoms with van der Waals surface area (Å²) in [7, 11) is 0. The lowest BCUT2D eigenvalue weighted by Crippen LogP contribution is -2.63. The molecule has 4 aliphatic rings. The van der Waals surface area contributed by atoms with E-state index in [1.165, 1.54) is 5.57 Å². The zero-order valence-corrected chi connectivity index (χ0v) is 16.5. The summed E-state index contributed by atoms with van der Waals surface area (Å²) in [5.41, 5.74) is 1.81. The summed E-state index contributed by atoms with van der Waals surface area (Å²) >= 11 is 0. The molecule has 2 fully saturated rings. The highest BCUT2D eigenvalue weighted by atomic mass is 16.4. The number of fused-ring (bicyclic) bond motifs is 5. The van der Waals surface area contributed by atoms with Crippen molar-refractivity contribution in [3.05, 3.63) is 36.0 Å². The molecule has 1 N–H and O–H groups in total. The number of aliphatic carboxylic acids is 1. The number of carbonyl (C=O) groups is 2. The van der Waals surface area contributed by atoms with Crippen molar-refractivity contribution in [2.45, 2.75) is 64.3 Å². The normalized spacial score (nSPS) is 40.9. The van der Waals surface area contributed by atoms with E-state index in [0.29, 0.717) is 42.7 Å². The second kappa shape index (κ2) is 6.35. The van der Waals surface area contributed by atoms with Gasteiger partial charge in [-0.15, -0.1) is 6.58 Å². The van der Waals surface area contributed by atoms with Gasteiger partial charge in [-0.05, 0) is 80.3 Å². The third-order valence-electron chi connectivity index (χ3n) is 8.30. The van der Waals surface area contributed by atoms with Crippen LogP contribution in [0, 0.1) is 23.2 Å². The highest BCUT2D eigenvalue weighted by Gasteiger charge is 2.57. The fourth-order valence-corrected chi connectivity index (χ4v) is 6.79. The molecule has 4 heteroatoms. The number of nitrogens with zero attached hydrogens (tertiary/aromatic N) is 1. The SMILES string of the molecule is C=CCN1C(=O)CC[C@H]2[C@@H]3CC=C4C=C(C(=O)O)CC[C@]4(C)[C@H]3CC[C@@]21C. The lowest BCUT2D eigenvalue weighted by atomic mass is 9.48. The van der Waals surface area contributed by atoms with E-state index in [2.05, 4.69) is 31.4 Å². The molecule has 1 saturated carbocycles. The number of amides is 1. The molecule has 4 nitrogen and oxygen atoms in total. The molecule has 146 valence electrons. The smallest absolute Gasteiger partial charge is 0.331 e. The molecule has 27 heavy (non-hydrogen) atoms. The number of hydrogen-bond donors (Lipinski definition) is 1. The molecular weight excluding hydrogens is 338 g/mol. The van der Waals surface area contributed by atoms with Crippen LogP contribution < -0.4 is 0 Å². The summed E-state index contributed by atoms with van der Waals surface area (Å²) in [5.74, 6) is 1.19. The number of carboxylic acid groups (broad SMARTS) is 1. The summed E-state index contributed by atoms with van der Waals surface area (Å²) < 4.78 is 0. The Morgan fingerprint density at radius 3 is 2.78 bits per heavy atom. The van der Waals surface area contributed by atoms with Gasteiger partial charge in [-0.25, -0.2) is 4.79 Å². The zero-order chi connectivity index (χ0) is 19.4. The minimum atomic E-state index is -0.776. The molecular formula is C23H31NO3. The summed E-state index contributed by atoms with van der Waals surface area (Å²) in [5, 5.41) is 9.40. The fraction of sp³-hybridized carbons (Fsp3) is 0.652. The molecule has 5 atom stereocenters. The summed E-state index contributed by atoms with van der Waals surface area (Å²) in [6.45, 7) is 9.15. The zero-order valence-electron chi connectivity index (χ0n) is 16.5. The predicted octanol–water partition coefficient (Wildman–Crippen LogP) is 4.34. The summed E-state index contributed by atoms with van der Waals surface area (Å²) in [4.78, 5) is 26.1. The van der Waals surface area contributed by atoms with E-state index >= 15 is 0 Å². The molecule has 1 heterocycles. The Bertz CT molecular complexity index is 751. The molecule has 3 aliphatic carbocycles. The third kappa shape index (κ3) is 2.63. The van der Waals surface area contributed by atoms with Gasteiger partial charge < -0.3 is 10.0 Å². The lowest BCUT2D eigenvalue weighted by Gasteiger charge is -2.61. The van der Waals surface area contributed by atoms with Crippen LogP contribution in [-0.2, 0) is 9.59 Å². The number of piperidine rings is 1. The number of carboxylic acids is 1. The maximum Gasteiger partial charge on any atom is 0.331 e. The highest BCUT2D eigenvalue weighted by molar-refractivity contribution is 5.87. The second-order valence-electron chi connectivity index (χ2n) is 9.39. The monoisotopic (exact) mass is 369 g/mol. The topological polar surface area (TPSA) is 57.6 Å². The first-order valence-corrected chi connectivity index (χ1v) is 10.4. The van der Waals surface area contributed by atoms with Gasteiger partial charge in [-0.3, -0.25) is 4.79 Å². The average Bonchev–Trinajstić information content (AvgIpc) is 2.63. The Hall–Kier alpha value is -1.84. The van der Waals surface area contributed by atoms with Crippen molar-refractivity contribution in [1.82, 2.24) is 4.90 Å². The maximum atomic E-state index is 12.6. The lowest BCUT2D eigenvalue weighted by molar-refractivity contribution is -0.155. The summed E-state index contributed by atoms with van der Waals surface area (Å²) in [6.07, 6.45) is 12.5. The minimum absolute atomic E-state index is 0.0663. The van der Waals surface area contributed by atoms with Gasteiger partial charge in [0, 0.05) is 24.1 Å². The van der Waals surface area contributed by atoms with Crippen LogP contribution in [-0.4, -0.2) is 34.0 Å². The number of carbonyl (C=O) groups excluding carboxylic acids is 1. The van der Waals surface area contributed by atoms with Crippen molar-refractivity contribution in [2.24, 2.45) is 23.2 Å². The first-order chi connectivity index (χ1) is 12.8. The Morgan fingerprint density at radius 1 is 1.30 bits per heavy atom. The number of rotatable bonds is 3. The first-order valence-electron chi connectivity index (χ1n) is 10.4. The Morgan fingerprint density at radius 2 is 2.07 bits per heavy atom. The summed E-state index contributed by atoms with van der Waals surface area (Å²) in [6, 6.07) is 0. The maximum absolute atomic E-state index is 12.6. The average molecular weight is 370 g/mol. The van der Waals surface area contributed by atoms with E-state index in [1.807, 2.05) is 12.2 Å². The molecule has 0 bridgehead atoms. The number of hydrogen-bond acceptors (Lipinski definition) is 2. The van der Waals surface area contributed by atoms with Crippen molar-refractivity contribution >= 4 is 11.9 Å². The van der Waals surface area contributed by atoms with Crippen molar-refractivity contribution in [3.8, 4) is 0 Å². The van der Waals surface area contributed by atoms with Crippen LogP contribution in [0.25, 0.3) is 0 Å². The predicted molar refractivity (Wildman–Crippen MR) is 105 cm³/mol. The van der Waals surface area contributed by atoms with Crippen LogP contribution in [0.15, 0.2) is 36.0 Å². The molecule has 1 saturated heterocycles. The number of allylic oxidation sites excluding steroid dienone is 3. The van der Waals surface area contributed by atoms with Gasteiger partial charge in [0.2, 0.25) is 5.91 Å². The van der Waals surface area contributed by atoms with Crippen LogP contribution in [0.2, 0.25) is 0 Å². The van der Waals surface area contributed by atoms with E-state index < -0.39 is 5.97 Å². The van der Waals surface area contributed by atoms with E-state index in [9.17, 15) is 14.7 Å². The standard InChI is InChI=1S/C23H31NO3/c1-4-13-24-20(25)8-7-19-17-6-5-16-14-15(21(26)27)9-11-22(16,2)18(17)10-12-23(19,24)3/h4-5,14,17-19H,1,6-13H2,2-3H3,(H,26,27)/t17-,18+,19+,22+,23+/m1/s1. The number of likely N-dealkylation sites (tertiary alicyclic amines) is 1. The fourth-order valence-electron chi connectivity index (χ4n) is 6.79. The van der Waals surface area contributed by atoms with E-state index in [1.54, 1.807) is 0 Å². The quantitative estimate of drug-likeness (QED) is 0.753. The van der Waals surface area contributed by atoms with Gasteiger partial charge in [-0.1, -0.05) is 19.1 Å².